The normalized spacial score (nSPS) is 33.3. The molecular weight excluding hydrogens is 276 g/mol. The average molecular weight is 310 g/mol. The minimum Gasteiger partial charge on any atom is -0.444 e. The summed E-state index contributed by atoms with van der Waals surface area (Å²) in [5.41, 5.74) is -0.416. The summed E-state index contributed by atoms with van der Waals surface area (Å²) in [5, 5.41) is 6.87. The maximum atomic E-state index is 11.8. The standard InChI is InChI=1S/C18H34N2O2/c1-13-6-5-7-16(12-13)19-14-8-10-15(11-9-14)20-17(21)22-18(2,3)4/h13-16,19H,5-12H2,1-4H3,(H,20,21). The van der Waals surface area contributed by atoms with Gasteiger partial charge in [0.2, 0.25) is 0 Å². The number of nitrogens with one attached hydrogen (secondary N) is 2. The molecule has 2 unspecified atom stereocenters. The maximum absolute atomic E-state index is 11.8. The van der Waals surface area contributed by atoms with Crippen LogP contribution in [0.15, 0.2) is 0 Å². The lowest BCUT2D eigenvalue weighted by Gasteiger charge is -2.35. The summed E-state index contributed by atoms with van der Waals surface area (Å²) >= 11 is 0. The molecule has 4 nitrogen and oxygen atoms in total. The number of hydrogen-bond acceptors (Lipinski definition) is 3. The van der Waals surface area contributed by atoms with Gasteiger partial charge in [-0.25, -0.2) is 4.79 Å². The van der Waals surface area contributed by atoms with Crippen LogP contribution in [0.1, 0.15) is 79.1 Å². The number of hydrogen-bond donors (Lipinski definition) is 2. The van der Waals surface area contributed by atoms with E-state index >= 15 is 0 Å². The Kier molecular flexibility index (Phi) is 6.13. The largest absolute Gasteiger partial charge is 0.444 e. The van der Waals surface area contributed by atoms with E-state index in [-0.39, 0.29) is 12.1 Å². The van der Waals surface area contributed by atoms with Crippen LogP contribution < -0.4 is 10.6 Å². The summed E-state index contributed by atoms with van der Waals surface area (Å²) < 4.78 is 5.33. The first-order valence-electron chi connectivity index (χ1n) is 9.07. The molecule has 2 saturated carbocycles. The predicted octanol–water partition coefficient (Wildman–Crippen LogP) is 3.99. The first-order valence-corrected chi connectivity index (χ1v) is 9.07. The monoisotopic (exact) mass is 310 g/mol. The lowest BCUT2D eigenvalue weighted by molar-refractivity contribution is 0.0488. The lowest BCUT2D eigenvalue weighted by Crippen LogP contribution is -2.46. The highest BCUT2D eigenvalue weighted by molar-refractivity contribution is 5.68. The molecule has 0 spiro atoms. The third kappa shape index (κ3) is 6.15. The van der Waals surface area contributed by atoms with Gasteiger partial charge in [-0.1, -0.05) is 19.8 Å². The molecule has 0 aliphatic heterocycles. The van der Waals surface area contributed by atoms with E-state index in [0.29, 0.717) is 12.1 Å². The topological polar surface area (TPSA) is 50.4 Å². The van der Waals surface area contributed by atoms with Crippen molar-refractivity contribution in [3.05, 3.63) is 0 Å². The summed E-state index contributed by atoms with van der Waals surface area (Å²) in [6.07, 6.45) is 9.58. The SMILES string of the molecule is CC1CCCC(NC2CCC(NC(=O)OC(C)(C)C)CC2)C1. The Morgan fingerprint density at radius 1 is 0.955 bits per heavy atom. The van der Waals surface area contributed by atoms with Crippen LogP contribution in [-0.4, -0.2) is 29.8 Å². The second kappa shape index (κ2) is 7.67. The average Bonchev–Trinajstić information content (AvgIpc) is 2.39. The van der Waals surface area contributed by atoms with Crippen molar-refractivity contribution in [1.82, 2.24) is 10.6 Å². The van der Waals surface area contributed by atoms with E-state index in [9.17, 15) is 4.79 Å². The highest BCUT2D eigenvalue weighted by Gasteiger charge is 2.27. The van der Waals surface area contributed by atoms with Crippen LogP contribution in [0.3, 0.4) is 0 Å². The molecule has 2 rings (SSSR count). The van der Waals surface area contributed by atoms with Gasteiger partial charge in [0.05, 0.1) is 0 Å². The fraction of sp³-hybridized carbons (Fsp3) is 0.944. The van der Waals surface area contributed by atoms with E-state index in [1.807, 2.05) is 20.8 Å². The molecule has 0 aromatic heterocycles. The van der Waals surface area contributed by atoms with Crippen molar-refractivity contribution in [3.63, 3.8) is 0 Å². The highest BCUT2D eigenvalue weighted by Crippen LogP contribution is 2.26. The molecule has 0 saturated heterocycles. The summed E-state index contributed by atoms with van der Waals surface area (Å²) in [4.78, 5) is 11.8. The van der Waals surface area contributed by atoms with Crippen LogP contribution in [-0.2, 0) is 4.74 Å². The molecule has 128 valence electrons. The molecule has 0 bridgehead atoms. The van der Waals surface area contributed by atoms with Crippen LogP contribution in [0, 0.1) is 5.92 Å². The van der Waals surface area contributed by atoms with Gasteiger partial charge >= 0.3 is 6.09 Å². The zero-order valence-electron chi connectivity index (χ0n) is 14.8. The molecule has 2 fully saturated rings. The third-order valence-electron chi connectivity index (χ3n) is 4.86. The molecule has 2 aliphatic rings. The Morgan fingerprint density at radius 3 is 2.18 bits per heavy atom. The summed E-state index contributed by atoms with van der Waals surface area (Å²) in [5.74, 6) is 0.872. The van der Waals surface area contributed by atoms with E-state index in [2.05, 4.69) is 17.6 Å². The molecule has 4 heteroatoms. The van der Waals surface area contributed by atoms with Gasteiger partial charge in [0.15, 0.2) is 0 Å². The molecule has 0 radical (unpaired) electrons. The van der Waals surface area contributed by atoms with Crippen molar-refractivity contribution < 1.29 is 9.53 Å². The molecule has 2 aliphatic carbocycles. The van der Waals surface area contributed by atoms with Crippen molar-refractivity contribution in [1.29, 1.82) is 0 Å². The molecule has 0 heterocycles. The Morgan fingerprint density at radius 2 is 1.59 bits per heavy atom. The van der Waals surface area contributed by atoms with Gasteiger partial charge in [0.25, 0.3) is 0 Å². The van der Waals surface area contributed by atoms with E-state index < -0.39 is 5.60 Å². The molecule has 0 aromatic carbocycles. The van der Waals surface area contributed by atoms with E-state index in [1.165, 1.54) is 25.7 Å². The van der Waals surface area contributed by atoms with Gasteiger partial charge < -0.3 is 15.4 Å². The van der Waals surface area contributed by atoms with Crippen molar-refractivity contribution in [3.8, 4) is 0 Å². The Balaban J connectivity index is 1.66. The second-order valence-electron chi connectivity index (χ2n) is 8.33. The maximum Gasteiger partial charge on any atom is 0.407 e. The minimum absolute atomic E-state index is 0.273. The Bertz CT molecular complexity index is 357. The van der Waals surface area contributed by atoms with Gasteiger partial charge in [-0.3, -0.25) is 0 Å². The quantitative estimate of drug-likeness (QED) is 0.828. The number of carbonyl (C=O) groups excluding carboxylic acids is 1. The second-order valence-corrected chi connectivity index (χ2v) is 8.33. The fourth-order valence-electron chi connectivity index (χ4n) is 3.80. The smallest absolute Gasteiger partial charge is 0.407 e. The molecule has 1 amide bonds. The molecule has 2 atom stereocenters. The third-order valence-corrected chi connectivity index (χ3v) is 4.86. The number of rotatable bonds is 3. The van der Waals surface area contributed by atoms with Crippen LogP contribution >= 0.6 is 0 Å². The zero-order chi connectivity index (χ0) is 16.2. The Hall–Kier alpha value is -0.770. The lowest BCUT2D eigenvalue weighted by atomic mass is 9.85. The van der Waals surface area contributed by atoms with Crippen LogP contribution in [0.5, 0.6) is 0 Å². The number of alkyl carbamates (subject to hydrolysis) is 1. The van der Waals surface area contributed by atoms with Crippen molar-refractivity contribution in [2.45, 2.75) is 103 Å². The number of carbonyl (C=O) groups is 1. The van der Waals surface area contributed by atoms with Crippen LogP contribution in [0.25, 0.3) is 0 Å². The first-order chi connectivity index (χ1) is 10.3. The Labute approximate surface area is 135 Å². The van der Waals surface area contributed by atoms with Gasteiger partial charge in [-0.15, -0.1) is 0 Å². The summed E-state index contributed by atoms with van der Waals surface area (Å²) in [6, 6.07) is 1.62. The van der Waals surface area contributed by atoms with Gasteiger partial charge in [0, 0.05) is 18.1 Å². The molecule has 2 N–H and O–H groups in total. The predicted molar refractivity (Wildman–Crippen MR) is 90.0 cm³/mol. The summed E-state index contributed by atoms with van der Waals surface area (Å²) in [6.45, 7) is 8.07. The number of amides is 1. The highest BCUT2D eigenvalue weighted by atomic mass is 16.6. The van der Waals surface area contributed by atoms with Crippen LogP contribution in [0.4, 0.5) is 4.79 Å². The van der Waals surface area contributed by atoms with Crippen molar-refractivity contribution in [2.75, 3.05) is 0 Å². The summed E-state index contributed by atoms with van der Waals surface area (Å²) in [7, 11) is 0. The van der Waals surface area contributed by atoms with E-state index in [1.54, 1.807) is 0 Å². The van der Waals surface area contributed by atoms with Gasteiger partial charge in [-0.05, 0) is 65.2 Å². The molecule has 22 heavy (non-hydrogen) atoms. The van der Waals surface area contributed by atoms with Gasteiger partial charge in [0.1, 0.15) is 5.60 Å². The first kappa shape index (κ1) is 17.6. The van der Waals surface area contributed by atoms with Crippen LogP contribution in [0.2, 0.25) is 0 Å². The fourth-order valence-corrected chi connectivity index (χ4v) is 3.80. The number of ether oxygens (including phenoxy) is 1. The van der Waals surface area contributed by atoms with Crippen molar-refractivity contribution in [2.24, 2.45) is 5.92 Å². The van der Waals surface area contributed by atoms with E-state index in [0.717, 1.165) is 31.6 Å². The molecule has 0 aromatic rings. The van der Waals surface area contributed by atoms with E-state index in [4.69, 9.17) is 4.74 Å². The molecular formula is C18H34N2O2. The minimum atomic E-state index is -0.416. The van der Waals surface area contributed by atoms with Gasteiger partial charge in [-0.2, -0.15) is 0 Å². The zero-order valence-corrected chi connectivity index (χ0v) is 14.8. The van der Waals surface area contributed by atoms with Crippen molar-refractivity contribution >= 4 is 6.09 Å².